The fourth-order valence-electron chi connectivity index (χ4n) is 2.60. The summed E-state index contributed by atoms with van der Waals surface area (Å²) in [5.74, 6) is 0.269. The molecule has 5 nitrogen and oxygen atoms in total. The van der Waals surface area contributed by atoms with Crippen LogP contribution in [0, 0.1) is 11.8 Å². The number of rotatable bonds is 6. The second kappa shape index (κ2) is 7.60. The van der Waals surface area contributed by atoms with Crippen molar-refractivity contribution in [3.8, 4) is 0 Å². The van der Waals surface area contributed by atoms with E-state index in [2.05, 4.69) is 10.2 Å². The van der Waals surface area contributed by atoms with Gasteiger partial charge in [-0.3, -0.25) is 14.5 Å². The van der Waals surface area contributed by atoms with Crippen LogP contribution < -0.4 is 5.32 Å². The molecule has 1 fully saturated rings. The van der Waals surface area contributed by atoms with Gasteiger partial charge >= 0.3 is 0 Å². The summed E-state index contributed by atoms with van der Waals surface area (Å²) in [6.45, 7) is 7.50. The Balaban J connectivity index is 2.43. The Morgan fingerprint density at radius 3 is 2.63 bits per heavy atom. The molecule has 1 aliphatic heterocycles. The van der Waals surface area contributed by atoms with Crippen molar-refractivity contribution >= 4 is 11.7 Å². The van der Waals surface area contributed by atoms with E-state index in [0.717, 1.165) is 25.9 Å². The topological polar surface area (TPSA) is 69.6 Å². The molecule has 2 unspecified atom stereocenters. The van der Waals surface area contributed by atoms with Gasteiger partial charge in [-0.1, -0.05) is 13.8 Å². The first-order valence-corrected chi connectivity index (χ1v) is 7.07. The average molecular weight is 270 g/mol. The molecule has 1 saturated heterocycles. The van der Waals surface area contributed by atoms with Crippen LogP contribution in [0.5, 0.6) is 0 Å². The van der Waals surface area contributed by atoms with Crippen LogP contribution in [0.4, 0.5) is 0 Å². The monoisotopic (exact) mass is 270 g/mol. The maximum absolute atomic E-state index is 12.0. The Morgan fingerprint density at radius 1 is 1.42 bits per heavy atom. The summed E-state index contributed by atoms with van der Waals surface area (Å²) in [5, 5.41) is 12.0. The molecule has 1 heterocycles. The maximum Gasteiger partial charge on any atom is 0.234 e. The summed E-state index contributed by atoms with van der Waals surface area (Å²) in [7, 11) is 0. The lowest BCUT2D eigenvalue weighted by Crippen LogP contribution is -2.49. The molecule has 0 radical (unpaired) electrons. The van der Waals surface area contributed by atoms with Crippen LogP contribution in [0.1, 0.15) is 33.6 Å². The first-order chi connectivity index (χ1) is 8.93. The third-order valence-electron chi connectivity index (χ3n) is 3.65. The third-order valence-corrected chi connectivity index (χ3v) is 3.65. The Bertz CT molecular complexity index is 318. The zero-order valence-electron chi connectivity index (χ0n) is 12.2. The number of aliphatic hydroxyl groups is 1. The number of hydrogen-bond acceptors (Lipinski definition) is 4. The molecule has 0 aromatic rings. The summed E-state index contributed by atoms with van der Waals surface area (Å²) < 4.78 is 0. The first-order valence-electron chi connectivity index (χ1n) is 7.07. The second-order valence-electron chi connectivity index (χ2n) is 5.83. The molecule has 110 valence electrons. The molecule has 2 atom stereocenters. The number of Topliss-reactive ketones (excluding diaryl/α,β-unsaturated/α-hetero) is 1. The fraction of sp³-hybridized carbons (Fsp3) is 0.857. The molecule has 1 amide bonds. The number of ketones is 1. The number of likely N-dealkylation sites (tertiary alicyclic amines) is 1. The van der Waals surface area contributed by atoms with E-state index in [-0.39, 0.29) is 30.1 Å². The molecule has 1 rings (SSSR count). The minimum Gasteiger partial charge on any atom is -0.396 e. The Kier molecular flexibility index (Phi) is 6.45. The second-order valence-corrected chi connectivity index (χ2v) is 5.83. The van der Waals surface area contributed by atoms with E-state index < -0.39 is 6.04 Å². The number of amides is 1. The zero-order valence-corrected chi connectivity index (χ0v) is 12.2. The number of aliphatic hydroxyl groups excluding tert-OH is 1. The largest absolute Gasteiger partial charge is 0.396 e. The van der Waals surface area contributed by atoms with E-state index in [9.17, 15) is 9.59 Å². The van der Waals surface area contributed by atoms with Gasteiger partial charge in [0.15, 0.2) is 5.78 Å². The van der Waals surface area contributed by atoms with Gasteiger partial charge < -0.3 is 10.4 Å². The molecule has 0 bridgehead atoms. The number of nitrogens with zero attached hydrogens (tertiary/aromatic N) is 1. The van der Waals surface area contributed by atoms with E-state index in [1.807, 2.05) is 13.8 Å². The number of nitrogens with one attached hydrogen (secondary N) is 1. The van der Waals surface area contributed by atoms with Gasteiger partial charge in [0.05, 0.1) is 12.6 Å². The minimum absolute atomic E-state index is 0.00442. The molecule has 0 spiro atoms. The van der Waals surface area contributed by atoms with E-state index in [0.29, 0.717) is 6.54 Å². The normalized spacial score (nSPS) is 22.3. The molecule has 0 saturated carbocycles. The third kappa shape index (κ3) is 5.28. The van der Waals surface area contributed by atoms with Crippen LogP contribution in [0.25, 0.3) is 0 Å². The predicted octanol–water partition coefficient (Wildman–Crippen LogP) is 0.420. The fourth-order valence-corrected chi connectivity index (χ4v) is 2.60. The van der Waals surface area contributed by atoms with Crippen LogP contribution in [0.3, 0.4) is 0 Å². The summed E-state index contributed by atoms with van der Waals surface area (Å²) in [6, 6.07) is -0.397. The number of piperidine rings is 1. The van der Waals surface area contributed by atoms with Gasteiger partial charge in [0.1, 0.15) is 0 Å². The van der Waals surface area contributed by atoms with Crippen molar-refractivity contribution in [3.05, 3.63) is 0 Å². The molecule has 0 aromatic heterocycles. The van der Waals surface area contributed by atoms with Gasteiger partial charge in [-0.15, -0.1) is 0 Å². The van der Waals surface area contributed by atoms with Crippen LogP contribution in [0.15, 0.2) is 0 Å². The zero-order chi connectivity index (χ0) is 14.4. The highest BCUT2D eigenvalue weighted by atomic mass is 16.3. The molecular formula is C14H26N2O3. The molecule has 0 aromatic carbocycles. The van der Waals surface area contributed by atoms with Crippen molar-refractivity contribution in [2.75, 3.05) is 26.2 Å². The summed E-state index contributed by atoms with van der Waals surface area (Å²) >= 11 is 0. The van der Waals surface area contributed by atoms with Crippen molar-refractivity contribution in [3.63, 3.8) is 0 Å². The smallest absolute Gasteiger partial charge is 0.234 e. The van der Waals surface area contributed by atoms with Gasteiger partial charge in [-0.05, 0) is 38.1 Å². The highest BCUT2D eigenvalue weighted by Crippen LogP contribution is 2.15. The van der Waals surface area contributed by atoms with E-state index in [1.54, 1.807) is 0 Å². The van der Waals surface area contributed by atoms with Gasteiger partial charge in [-0.2, -0.15) is 0 Å². The van der Waals surface area contributed by atoms with Crippen molar-refractivity contribution in [2.24, 2.45) is 11.8 Å². The summed E-state index contributed by atoms with van der Waals surface area (Å²) in [6.07, 6.45) is 2.04. The van der Waals surface area contributed by atoms with Gasteiger partial charge in [0.2, 0.25) is 5.91 Å². The van der Waals surface area contributed by atoms with E-state index >= 15 is 0 Å². The highest BCUT2D eigenvalue weighted by molar-refractivity contribution is 5.88. The average Bonchev–Trinajstić information content (AvgIpc) is 2.35. The van der Waals surface area contributed by atoms with Crippen LogP contribution in [-0.2, 0) is 9.59 Å². The van der Waals surface area contributed by atoms with E-state index in [4.69, 9.17) is 5.11 Å². The SMILES string of the molecule is CC(=O)C(NC(=O)CN1CCCC(CO)C1)C(C)C. The predicted molar refractivity (Wildman–Crippen MR) is 73.7 cm³/mol. The van der Waals surface area contributed by atoms with Crippen molar-refractivity contribution in [1.82, 2.24) is 10.2 Å². The maximum atomic E-state index is 12.0. The van der Waals surface area contributed by atoms with Gasteiger partial charge in [0.25, 0.3) is 0 Å². The number of carbonyl (C=O) groups is 2. The molecule has 0 aliphatic carbocycles. The molecule has 5 heteroatoms. The van der Waals surface area contributed by atoms with E-state index in [1.165, 1.54) is 6.92 Å². The van der Waals surface area contributed by atoms with Crippen molar-refractivity contribution in [2.45, 2.75) is 39.7 Å². The van der Waals surface area contributed by atoms with Crippen molar-refractivity contribution in [1.29, 1.82) is 0 Å². The number of hydrogen-bond donors (Lipinski definition) is 2. The number of carbonyl (C=O) groups excluding carboxylic acids is 2. The molecule has 1 aliphatic rings. The van der Waals surface area contributed by atoms with Gasteiger partial charge in [-0.25, -0.2) is 0 Å². The van der Waals surface area contributed by atoms with Crippen molar-refractivity contribution < 1.29 is 14.7 Å². The Hall–Kier alpha value is -0.940. The lowest BCUT2D eigenvalue weighted by atomic mass is 9.99. The lowest BCUT2D eigenvalue weighted by molar-refractivity contribution is -0.128. The van der Waals surface area contributed by atoms with Gasteiger partial charge in [0, 0.05) is 13.2 Å². The summed E-state index contributed by atoms with van der Waals surface area (Å²) in [4.78, 5) is 25.5. The molecule has 19 heavy (non-hydrogen) atoms. The Morgan fingerprint density at radius 2 is 2.11 bits per heavy atom. The first kappa shape index (κ1) is 16.1. The molecular weight excluding hydrogens is 244 g/mol. The van der Waals surface area contributed by atoms with Crippen LogP contribution in [-0.4, -0.2) is 54.0 Å². The minimum atomic E-state index is -0.397. The highest BCUT2D eigenvalue weighted by Gasteiger charge is 2.24. The van der Waals surface area contributed by atoms with Crippen LogP contribution >= 0.6 is 0 Å². The Labute approximate surface area is 115 Å². The summed E-state index contributed by atoms with van der Waals surface area (Å²) in [5.41, 5.74) is 0. The lowest BCUT2D eigenvalue weighted by Gasteiger charge is -2.31. The van der Waals surface area contributed by atoms with Crippen LogP contribution in [0.2, 0.25) is 0 Å². The standard InChI is InChI=1S/C14H26N2O3/c1-10(2)14(11(3)18)15-13(19)8-16-6-4-5-12(7-16)9-17/h10,12,14,17H,4-9H2,1-3H3,(H,15,19). The quantitative estimate of drug-likeness (QED) is 0.734. The molecule has 2 N–H and O–H groups in total.